The van der Waals surface area contributed by atoms with Gasteiger partial charge in [0, 0.05) is 18.9 Å². The third kappa shape index (κ3) is 3.72. The maximum atomic E-state index is 11.4. The van der Waals surface area contributed by atoms with Crippen LogP contribution in [0, 0.1) is 12.3 Å². The van der Waals surface area contributed by atoms with Gasteiger partial charge in [0.1, 0.15) is 4.60 Å². The number of hydrogen-bond donors (Lipinski definition) is 1. The van der Waals surface area contributed by atoms with E-state index in [0.29, 0.717) is 18.0 Å². The predicted molar refractivity (Wildman–Crippen MR) is 83.3 cm³/mol. The molecular weight excluding hydrogens is 336 g/mol. The quantitative estimate of drug-likeness (QED) is 0.917. The number of nitrogens with zero attached hydrogens (tertiary/aromatic N) is 4. The first-order chi connectivity index (χ1) is 9.67. The molecule has 0 saturated heterocycles. The highest BCUT2D eigenvalue weighted by Crippen LogP contribution is 2.22. The zero-order chi connectivity index (χ0) is 15.8. The van der Waals surface area contributed by atoms with Crippen molar-refractivity contribution in [1.82, 2.24) is 19.3 Å². The van der Waals surface area contributed by atoms with Gasteiger partial charge in [-0.1, -0.05) is 20.8 Å². The first-order valence-electron chi connectivity index (χ1n) is 6.64. The number of halogens is 1. The van der Waals surface area contributed by atoms with Gasteiger partial charge in [-0.3, -0.25) is 4.40 Å². The Kier molecular flexibility index (Phi) is 4.22. The molecule has 0 aromatic carbocycles. The number of aryl methyl sites for hydroxylation is 1. The van der Waals surface area contributed by atoms with Crippen LogP contribution < -0.4 is 0 Å². The summed E-state index contributed by atoms with van der Waals surface area (Å²) in [6, 6.07) is 0. The van der Waals surface area contributed by atoms with Gasteiger partial charge in [0.2, 0.25) is 5.78 Å². The first-order valence-corrected chi connectivity index (χ1v) is 7.43. The van der Waals surface area contributed by atoms with Crippen molar-refractivity contribution in [2.24, 2.45) is 5.41 Å². The van der Waals surface area contributed by atoms with Crippen molar-refractivity contribution in [3.8, 4) is 0 Å². The molecule has 2 aromatic rings. The van der Waals surface area contributed by atoms with E-state index in [-0.39, 0.29) is 12.0 Å². The molecule has 0 unspecified atom stereocenters. The predicted octanol–water partition coefficient (Wildman–Crippen LogP) is 3.33. The number of fused-ring (bicyclic) bond motifs is 1. The lowest BCUT2D eigenvalue weighted by atomic mass is 9.96. The fourth-order valence-corrected chi connectivity index (χ4v) is 2.57. The van der Waals surface area contributed by atoms with Crippen LogP contribution in [0.15, 0.2) is 17.0 Å². The van der Waals surface area contributed by atoms with Crippen molar-refractivity contribution in [2.75, 3.05) is 6.54 Å². The van der Waals surface area contributed by atoms with Crippen molar-refractivity contribution in [3.05, 3.63) is 28.3 Å². The zero-order valence-corrected chi connectivity index (χ0v) is 14.2. The minimum atomic E-state index is -0.946. The van der Waals surface area contributed by atoms with E-state index >= 15 is 0 Å². The van der Waals surface area contributed by atoms with Gasteiger partial charge in [-0.2, -0.15) is 0 Å². The van der Waals surface area contributed by atoms with Crippen molar-refractivity contribution in [1.29, 1.82) is 0 Å². The Hall–Kier alpha value is -1.63. The fourth-order valence-electron chi connectivity index (χ4n) is 2.09. The summed E-state index contributed by atoms with van der Waals surface area (Å²) >= 11 is 3.48. The van der Waals surface area contributed by atoms with Crippen LogP contribution in [-0.4, -0.2) is 37.0 Å². The number of aromatic nitrogens is 3. The highest BCUT2D eigenvalue weighted by atomic mass is 79.9. The van der Waals surface area contributed by atoms with Crippen molar-refractivity contribution in [2.45, 2.75) is 34.2 Å². The molecule has 0 atom stereocenters. The molecule has 2 heterocycles. The molecule has 1 N–H and O–H groups in total. The first kappa shape index (κ1) is 15.8. The average molecular weight is 355 g/mol. The third-order valence-corrected chi connectivity index (χ3v) is 3.73. The molecule has 21 heavy (non-hydrogen) atoms. The highest BCUT2D eigenvalue weighted by Gasteiger charge is 2.23. The van der Waals surface area contributed by atoms with Crippen molar-refractivity contribution in [3.63, 3.8) is 0 Å². The van der Waals surface area contributed by atoms with Crippen LogP contribution >= 0.6 is 15.9 Å². The molecule has 0 fully saturated rings. The molecule has 6 nitrogen and oxygen atoms in total. The Balaban J connectivity index is 2.33. The van der Waals surface area contributed by atoms with E-state index in [1.165, 1.54) is 4.90 Å². The number of imidazole rings is 1. The molecule has 114 valence electrons. The van der Waals surface area contributed by atoms with Crippen LogP contribution in [0.25, 0.3) is 5.78 Å². The highest BCUT2D eigenvalue weighted by molar-refractivity contribution is 9.10. The molecular formula is C14H19BrN4O2. The van der Waals surface area contributed by atoms with Crippen molar-refractivity contribution < 1.29 is 9.90 Å². The summed E-state index contributed by atoms with van der Waals surface area (Å²) in [7, 11) is 0. The molecule has 0 aliphatic heterocycles. The standard InChI is InChI=1S/C14H19BrN4O2/c1-9-5-16-12-17-10(11(15)19(12)6-9)7-18(13(20)21)8-14(2,3)4/h5-6H,7-8H2,1-4H3,(H,20,21). The molecule has 0 bridgehead atoms. The third-order valence-electron chi connectivity index (χ3n) is 2.89. The second-order valence-electron chi connectivity index (χ2n) is 6.35. The van der Waals surface area contributed by atoms with Gasteiger partial charge in [0.15, 0.2) is 0 Å². The molecule has 0 aliphatic rings. The van der Waals surface area contributed by atoms with Crippen LogP contribution in [0.2, 0.25) is 0 Å². The maximum Gasteiger partial charge on any atom is 0.407 e. The smallest absolute Gasteiger partial charge is 0.407 e. The molecule has 0 aliphatic carbocycles. The van der Waals surface area contributed by atoms with E-state index in [1.807, 2.05) is 38.3 Å². The Bertz CT molecular complexity index is 675. The van der Waals surface area contributed by atoms with Crippen LogP contribution in [-0.2, 0) is 6.54 Å². The monoisotopic (exact) mass is 354 g/mol. The summed E-state index contributed by atoms with van der Waals surface area (Å²) in [6.07, 6.45) is 2.71. The average Bonchev–Trinajstić information content (AvgIpc) is 2.64. The van der Waals surface area contributed by atoms with Gasteiger partial charge in [0.25, 0.3) is 0 Å². The van der Waals surface area contributed by atoms with Gasteiger partial charge in [-0.25, -0.2) is 14.8 Å². The minimum Gasteiger partial charge on any atom is -0.465 e. The Morgan fingerprint density at radius 1 is 1.48 bits per heavy atom. The molecule has 1 amide bonds. The van der Waals surface area contributed by atoms with E-state index in [4.69, 9.17) is 0 Å². The lowest BCUT2D eigenvalue weighted by Gasteiger charge is -2.27. The van der Waals surface area contributed by atoms with Crippen LogP contribution in [0.3, 0.4) is 0 Å². The zero-order valence-electron chi connectivity index (χ0n) is 12.6. The summed E-state index contributed by atoms with van der Waals surface area (Å²) in [5.41, 5.74) is 1.57. The summed E-state index contributed by atoms with van der Waals surface area (Å²) in [5, 5.41) is 9.37. The largest absolute Gasteiger partial charge is 0.465 e. The number of carbonyl (C=O) groups is 1. The maximum absolute atomic E-state index is 11.4. The lowest BCUT2D eigenvalue weighted by molar-refractivity contribution is 0.122. The van der Waals surface area contributed by atoms with E-state index in [0.717, 1.165) is 10.2 Å². The summed E-state index contributed by atoms with van der Waals surface area (Å²) < 4.78 is 2.57. The second kappa shape index (κ2) is 5.63. The van der Waals surface area contributed by atoms with Gasteiger partial charge < -0.3 is 10.0 Å². The molecule has 7 heteroatoms. The van der Waals surface area contributed by atoms with E-state index in [1.54, 1.807) is 6.20 Å². The molecule has 0 saturated carbocycles. The molecule has 2 rings (SSSR count). The summed E-state index contributed by atoms with van der Waals surface area (Å²) in [4.78, 5) is 21.4. The van der Waals surface area contributed by atoms with E-state index < -0.39 is 6.09 Å². The second-order valence-corrected chi connectivity index (χ2v) is 7.10. The van der Waals surface area contributed by atoms with E-state index in [2.05, 4.69) is 25.9 Å². The van der Waals surface area contributed by atoms with Gasteiger partial charge in [-0.15, -0.1) is 0 Å². The Morgan fingerprint density at radius 2 is 2.14 bits per heavy atom. The minimum absolute atomic E-state index is 0.112. The molecule has 0 spiro atoms. The number of hydrogen-bond acceptors (Lipinski definition) is 3. The van der Waals surface area contributed by atoms with Crippen molar-refractivity contribution >= 4 is 27.8 Å². The number of carboxylic acid groups (broad SMARTS) is 1. The molecule has 2 aromatic heterocycles. The molecule has 0 radical (unpaired) electrons. The fraction of sp³-hybridized carbons (Fsp3) is 0.500. The SMILES string of the molecule is Cc1cnc2nc(CN(CC(C)(C)C)C(=O)O)c(Br)n2c1. The van der Waals surface area contributed by atoms with Crippen LogP contribution in [0.1, 0.15) is 32.0 Å². The topological polar surface area (TPSA) is 70.7 Å². The number of rotatable bonds is 3. The Morgan fingerprint density at radius 3 is 2.71 bits per heavy atom. The summed E-state index contributed by atoms with van der Waals surface area (Å²) in [6.45, 7) is 8.64. The number of amides is 1. The Labute approximate surface area is 131 Å². The van der Waals surface area contributed by atoms with Gasteiger partial charge >= 0.3 is 6.09 Å². The van der Waals surface area contributed by atoms with Crippen LogP contribution in [0.5, 0.6) is 0 Å². The van der Waals surface area contributed by atoms with Gasteiger partial charge in [-0.05, 0) is 33.8 Å². The van der Waals surface area contributed by atoms with Crippen LogP contribution in [0.4, 0.5) is 4.79 Å². The van der Waals surface area contributed by atoms with Gasteiger partial charge in [0.05, 0.1) is 12.2 Å². The normalized spacial score (nSPS) is 11.9. The lowest BCUT2D eigenvalue weighted by Crippen LogP contribution is -2.36. The van der Waals surface area contributed by atoms with E-state index in [9.17, 15) is 9.90 Å². The summed E-state index contributed by atoms with van der Waals surface area (Å²) in [5.74, 6) is 0.559.